The summed E-state index contributed by atoms with van der Waals surface area (Å²) < 4.78 is 58.7. The van der Waals surface area contributed by atoms with Crippen molar-refractivity contribution >= 4 is 61.0 Å². The lowest BCUT2D eigenvalue weighted by Crippen LogP contribution is -2.35. The zero-order valence-electron chi connectivity index (χ0n) is 23.5. The molecular formula is C31H31Br2Cl2F3O4. The first-order chi connectivity index (χ1) is 19.6. The molecule has 0 saturated carbocycles. The van der Waals surface area contributed by atoms with E-state index in [0.717, 1.165) is 26.6 Å². The molecule has 0 aromatic heterocycles. The van der Waals surface area contributed by atoms with Crippen molar-refractivity contribution in [3.63, 3.8) is 0 Å². The number of halogens is 7. The number of aryl methyl sites for hydroxylation is 1. The fraction of sp³-hybridized carbons (Fsp3) is 0.387. The van der Waals surface area contributed by atoms with Crippen LogP contribution in [0.5, 0.6) is 5.75 Å². The average molecular weight is 755 g/mol. The number of ether oxygens (including phenoxy) is 3. The number of esters is 1. The summed E-state index contributed by atoms with van der Waals surface area (Å²) in [7, 11) is 0. The maximum atomic E-state index is 13.2. The summed E-state index contributed by atoms with van der Waals surface area (Å²) in [6.07, 6.45) is -4.65. The summed E-state index contributed by atoms with van der Waals surface area (Å²) in [5, 5.41) is 0.414. The van der Waals surface area contributed by atoms with Crippen LogP contribution >= 0.6 is 55.1 Å². The van der Waals surface area contributed by atoms with Crippen LogP contribution in [0.3, 0.4) is 0 Å². The second kappa shape index (κ2) is 14.8. The van der Waals surface area contributed by atoms with Gasteiger partial charge in [-0.05, 0) is 93.1 Å². The van der Waals surface area contributed by atoms with Crippen molar-refractivity contribution in [2.24, 2.45) is 0 Å². The van der Waals surface area contributed by atoms with E-state index in [-0.39, 0.29) is 22.4 Å². The van der Waals surface area contributed by atoms with Crippen molar-refractivity contribution in [2.45, 2.75) is 77.5 Å². The van der Waals surface area contributed by atoms with Crippen LogP contribution < -0.4 is 4.74 Å². The molecule has 0 N–H and O–H groups in total. The lowest BCUT2D eigenvalue weighted by atomic mass is 9.99. The molecule has 0 aliphatic rings. The Bertz CT molecular complexity index is 1360. The summed E-state index contributed by atoms with van der Waals surface area (Å²) in [5.41, 5.74) is 0.778. The van der Waals surface area contributed by atoms with Crippen LogP contribution in [0.1, 0.15) is 68.9 Å². The van der Waals surface area contributed by atoms with Crippen LogP contribution in [0, 0.1) is 0 Å². The van der Waals surface area contributed by atoms with E-state index in [2.05, 4.69) is 31.9 Å². The number of carbonyl (C=O) groups is 1. The minimum Gasteiger partial charge on any atom is -0.477 e. The van der Waals surface area contributed by atoms with Gasteiger partial charge in [0.1, 0.15) is 16.4 Å². The van der Waals surface area contributed by atoms with Crippen molar-refractivity contribution in [3.05, 3.63) is 95.8 Å². The predicted octanol–water partition coefficient (Wildman–Crippen LogP) is 10.9. The van der Waals surface area contributed by atoms with Gasteiger partial charge >= 0.3 is 12.1 Å². The Kier molecular flexibility index (Phi) is 12.2. The summed E-state index contributed by atoms with van der Waals surface area (Å²) in [5.74, 6) is -0.255. The lowest BCUT2D eigenvalue weighted by Gasteiger charge is -2.24. The van der Waals surface area contributed by atoms with Gasteiger partial charge in [-0.25, -0.2) is 4.79 Å². The van der Waals surface area contributed by atoms with Crippen LogP contribution in [-0.4, -0.2) is 17.7 Å². The monoisotopic (exact) mass is 752 g/mol. The zero-order valence-corrected chi connectivity index (χ0v) is 28.1. The Morgan fingerprint density at radius 2 is 1.55 bits per heavy atom. The van der Waals surface area contributed by atoms with Crippen molar-refractivity contribution in [1.29, 1.82) is 0 Å². The van der Waals surface area contributed by atoms with E-state index in [4.69, 9.17) is 37.4 Å². The summed E-state index contributed by atoms with van der Waals surface area (Å²) in [4.78, 5) is 12.5. The molecule has 0 aliphatic carbocycles. The van der Waals surface area contributed by atoms with Gasteiger partial charge in [-0.3, -0.25) is 0 Å². The molecule has 0 heterocycles. The maximum absolute atomic E-state index is 13.2. The Labute approximate surface area is 271 Å². The van der Waals surface area contributed by atoms with E-state index in [1.165, 1.54) is 12.1 Å². The fourth-order valence-electron chi connectivity index (χ4n) is 4.09. The van der Waals surface area contributed by atoms with E-state index in [1.54, 1.807) is 39.8 Å². The number of rotatable bonds is 11. The van der Waals surface area contributed by atoms with E-state index in [1.807, 2.05) is 18.2 Å². The first-order valence-electron chi connectivity index (χ1n) is 13.2. The molecule has 2 unspecified atom stereocenters. The van der Waals surface area contributed by atoms with Crippen LogP contribution in [0.15, 0.2) is 63.5 Å². The predicted molar refractivity (Wildman–Crippen MR) is 166 cm³/mol. The molecule has 3 rings (SSSR count). The number of hydrogen-bond acceptors (Lipinski definition) is 4. The van der Waals surface area contributed by atoms with Gasteiger partial charge in [0, 0.05) is 8.95 Å². The average Bonchev–Trinajstić information content (AvgIpc) is 2.88. The van der Waals surface area contributed by atoms with Crippen molar-refractivity contribution in [3.8, 4) is 5.75 Å². The topological polar surface area (TPSA) is 44.8 Å². The van der Waals surface area contributed by atoms with Crippen LogP contribution in [-0.2, 0) is 33.5 Å². The number of carbonyl (C=O) groups excluding carboxylic acids is 1. The van der Waals surface area contributed by atoms with Gasteiger partial charge in [-0.1, -0.05) is 80.2 Å². The van der Waals surface area contributed by atoms with Crippen LogP contribution in [0.2, 0.25) is 10.0 Å². The fourth-order valence-corrected chi connectivity index (χ4v) is 5.95. The highest BCUT2D eigenvalue weighted by Gasteiger charge is 2.30. The van der Waals surface area contributed by atoms with E-state index in [0.29, 0.717) is 30.4 Å². The van der Waals surface area contributed by atoms with Gasteiger partial charge in [0.2, 0.25) is 0 Å². The van der Waals surface area contributed by atoms with Gasteiger partial charge in [-0.2, -0.15) is 13.2 Å². The Morgan fingerprint density at radius 3 is 2.10 bits per heavy atom. The molecule has 2 atom stereocenters. The molecule has 228 valence electrons. The van der Waals surface area contributed by atoms with Gasteiger partial charge in [-0.15, -0.1) is 0 Å². The van der Waals surface area contributed by atoms with Crippen molar-refractivity contribution in [1.82, 2.24) is 0 Å². The molecule has 11 heteroatoms. The Hall–Kier alpha value is -1.78. The summed E-state index contributed by atoms with van der Waals surface area (Å²) in [6, 6.07) is 14.1. The minimum atomic E-state index is -4.44. The zero-order chi connectivity index (χ0) is 31.2. The van der Waals surface area contributed by atoms with Crippen molar-refractivity contribution in [2.75, 3.05) is 0 Å². The van der Waals surface area contributed by atoms with Crippen molar-refractivity contribution < 1.29 is 32.2 Å². The molecule has 0 radical (unpaired) electrons. The third-order valence-corrected chi connectivity index (χ3v) is 7.92. The molecule has 0 fully saturated rings. The van der Waals surface area contributed by atoms with Gasteiger partial charge < -0.3 is 14.2 Å². The number of benzene rings is 3. The second-order valence-corrected chi connectivity index (χ2v) is 13.2. The third kappa shape index (κ3) is 10.2. The molecule has 0 aliphatic heterocycles. The molecule has 0 amide bonds. The number of hydrogen-bond donors (Lipinski definition) is 0. The first kappa shape index (κ1) is 34.7. The normalized spacial score (nSPS) is 13.5. The lowest BCUT2D eigenvalue weighted by molar-refractivity contribution is -0.163. The molecule has 3 aromatic carbocycles. The highest BCUT2D eigenvalue weighted by molar-refractivity contribution is 9.11. The van der Waals surface area contributed by atoms with E-state index >= 15 is 0 Å². The maximum Gasteiger partial charge on any atom is 0.416 e. The second-order valence-electron chi connectivity index (χ2n) is 10.6. The molecule has 4 nitrogen and oxygen atoms in total. The molecule has 3 aromatic rings. The first-order valence-corrected chi connectivity index (χ1v) is 15.5. The third-order valence-electron chi connectivity index (χ3n) is 6.10. The number of alkyl halides is 3. The van der Waals surface area contributed by atoms with Gasteiger partial charge in [0.05, 0.1) is 23.3 Å². The minimum absolute atomic E-state index is 0.155. The van der Waals surface area contributed by atoms with Gasteiger partial charge in [0.15, 0.2) is 6.10 Å². The smallest absolute Gasteiger partial charge is 0.416 e. The van der Waals surface area contributed by atoms with Crippen LogP contribution in [0.25, 0.3) is 0 Å². The quantitative estimate of drug-likeness (QED) is 0.183. The summed E-state index contributed by atoms with van der Waals surface area (Å²) >= 11 is 20.1. The molecule has 0 saturated heterocycles. The largest absolute Gasteiger partial charge is 0.477 e. The van der Waals surface area contributed by atoms with E-state index < -0.39 is 35.5 Å². The molecule has 0 spiro atoms. The van der Waals surface area contributed by atoms with Crippen LogP contribution in [0.4, 0.5) is 13.2 Å². The molecule has 0 bridgehead atoms. The standard InChI is InChI=1S/C31H31Br2Cl2F3O4/c1-5-24(29(39)42-30(2,3)4)41-26-13-9-20(27(34)28(26)35)8-12-25(19-6-10-21(11-7-19)31(36,37)38)40-17-18-14-22(32)16-23(33)15-18/h6-7,9-11,13-16,24-25H,5,8,12,17H2,1-4H3. The van der Waals surface area contributed by atoms with E-state index in [9.17, 15) is 18.0 Å². The Morgan fingerprint density at radius 1 is 0.929 bits per heavy atom. The Balaban J connectivity index is 1.79. The molecule has 42 heavy (non-hydrogen) atoms. The highest BCUT2D eigenvalue weighted by atomic mass is 79.9. The van der Waals surface area contributed by atoms with Gasteiger partial charge in [0.25, 0.3) is 0 Å². The highest BCUT2D eigenvalue weighted by Crippen LogP contribution is 2.38. The molecular weight excluding hydrogens is 724 g/mol. The SMILES string of the molecule is CCC(Oc1ccc(CCC(OCc2cc(Br)cc(Br)c2)c2ccc(C(F)(F)F)cc2)c(Cl)c1Cl)C(=O)OC(C)(C)C. The summed E-state index contributed by atoms with van der Waals surface area (Å²) in [6.45, 7) is 7.35.